The van der Waals surface area contributed by atoms with Gasteiger partial charge in [0.25, 0.3) is 5.56 Å². The zero-order valence-electron chi connectivity index (χ0n) is 15.0. The number of hydrogen-bond acceptors (Lipinski definition) is 5. The molecule has 1 aliphatic heterocycles. The summed E-state index contributed by atoms with van der Waals surface area (Å²) in [5.74, 6) is 0.679. The van der Waals surface area contributed by atoms with E-state index in [1.54, 1.807) is 7.05 Å². The highest BCUT2D eigenvalue weighted by Gasteiger charge is 2.43. The molecule has 3 atom stereocenters. The third kappa shape index (κ3) is 2.80. The Morgan fingerprint density at radius 1 is 1.17 bits per heavy atom. The van der Waals surface area contributed by atoms with Crippen LogP contribution < -0.4 is 21.5 Å². The molecule has 0 bridgehead atoms. The molecule has 0 spiro atoms. The quantitative estimate of drug-likeness (QED) is 0.799. The largest absolute Gasteiger partial charge is 0.393 e. The van der Waals surface area contributed by atoms with Crippen molar-refractivity contribution in [2.75, 3.05) is 18.0 Å². The molecule has 24 heavy (non-hydrogen) atoms. The second-order valence-corrected chi connectivity index (χ2v) is 7.81. The minimum atomic E-state index is -0.297. The van der Waals surface area contributed by atoms with Gasteiger partial charge in [0.2, 0.25) is 0 Å². The molecule has 1 saturated carbocycles. The molecule has 7 heteroatoms. The smallest absolute Gasteiger partial charge is 0.332 e. The Kier molecular flexibility index (Phi) is 4.34. The molecular weight excluding hydrogens is 308 g/mol. The van der Waals surface area contributed by atoms with Gasteiger partial charge in [-0.05, 0) is 19.3 Å². The Hall–Kier alpha value is -1.60. The first-order valence-corrected chi connectivity index (χ1v) is 8.68. The summed E-state index contributed by atoms with van der Waals surface area (Å²) in [6.07, 6.45) is 2.52. The van der Waals surface area contributed by atoms with Crippen molar-refractivity contribution in [2.24, 2.45) is 19.5 Å². The summed E-state index contributed by atoms with van der Waals surface area (Å²) in [6.45, 7) is 5.80. The van der Waals surface area contributed by atoms with E-state index < -0.39 is 0 Å². The van der Waals surface area contributed by atoms with Crippen LogP contribution in [0.2, 0.25) is 0 Å². The van der Waals surface area contributed by atoms with Gasteiger partial charge in [-0.2, -0.15) is 0 Å². The van der Waals surface area contributed by atoms with E-state index in [0.29, 0.717) is 17.9 Å². The molecule has 1 aliphatic carbocycles. The van der Waals surface area contributed by atoms with Crippen LogP contribution in [-0.4, -0.2) is 45.5 Å². The lowest BCUT2D eigenvalue weighted by molar-refractivity contribution is 0.0627. The van der Waals surface area contributed by atoms with Crippen molar-refractivity contribution in [2.45, 2.75) is 51.3 Å². The van der Waals surface area contributed by atoms with Gasteiger partial charge in [0, 0.05) is 50.7 Å². The minimum absolute atomic E-state index is 0.122. The fraction of sp³-hybridized carbons (Fsp3) is 0.765. The molecule has 134 valence electrons. The Labute approximate surface area is 141 Å². The number of rotatable bonds is 3. The number of aliphatic hydroxyl groups is 1. The van der Waals surface area contributed by atoms with Gasteiger partial charge in [-0.1, -0.05) is 13.8 Å². The third-order valence-electron chi connectivity index (χ3n) is 5.94. The van der Waals surface area contributed by atoms with E-state index in [1.165, 1.54) is 17.7 Å². The van der Waals surface area contributed by atoms with E-state index in [-0.39, 0.29) is 22.8 Å². The number of aliphatic hydroxyl groups excluding tert-OH is 1. The van der Waals surface area contributed by atoms with Gasteiger partial charge in [0.05, 0.1) is 6.10 Å². The highest BCUT2D eigenvalue weighted by Crippen LogP contribution is 2.38. The minimum Gasteiger partial charge on any atom is -0.393 e. The highest BCUT2D eigenvalue weighted by molar-refractivity contribution is 5.40. The Balaban J connectivity index is 1.73. The van der Waals surface area contributed by atoms with Crippen molar-refractivity contribution in [3.63, 3.8) is 0 Å². The molecular formula is C17H28N4O3. The molecule has 3 rings (SSSR count). The molecule has 2 aliphatic rings. The fourth-order valence-corrected chi connectivity index (χ4v) is 4.01. The molecule has 2 heterocycles. The first kappa shape index (κ1) is 17.2. The van der Waals surface area contributed by atoms with Gasteiger partial charge in [0.1, 0.15) is 5.82 Å². The van der Waals surface area contributed by atoms with Crippen LogP contribution in [-0.2, 0) is 14.1 Å². The number of anilines is 1. The average molecular weight is 336 g/mol. The van der Waals surface area contributed by atoms with E-state index >= 15 is 0 Å². The van der Waals surface area contributed by atoms with Gasteiger partial charge < -0.3 is 15.3 Å². The van der Waals surface area contributed by atoms with Crippen LogP contribution in [0.3, 0.4) is 0 Å². The van der Waals surface area contributed by atoms with Gasteiger partial charge in [0.15, 0.2) is 0 Å². The molecule has 2 unspecified atom stereocenters. The van der Waals surface area contributed by atoms with Crippen LogP contribution >= 0.6 is 0 Å². The SMILES string of the molecule is Cn1c(N2CC[C@@H](NC3CCC(O)C3(C)C)C2)cc(=O)n(C)c1=O. The number of nitrogens with one attached hydrogen (secondary N) is 1. The molecule has 1 aromatic heterocycles. The molecule has 0 amide bonds. The first-order chi connectivity index (χ1) is 11.2. The van der Waals surface area contributed by atoms with Crippen LogP contribution in [0.1, 0.15) is 33.1 Å². The molecule has 0 radical (unpaired) electrons. The summed E-state index contributed by atoms with van der Waals surface area (Å²) in [5, 5.41) is 13.8. The highest BCUT2D eigenvalue weighted by atomic mass is 16.3. The van der Waals surface area contributed by atoms with E-state index in [2.05, 4.69) is 24.1 Å². The predicted octanol–water partition coefficient (Wildman–Crippen LogP) is -0.198. The molecule has 1 saturated heterocycles. The van der Waals surface area contributed by atoms with Crippen molar-refractivity contribution < 1.29 is 5.11 Å². The topological polar surface area (TPSA) is 79.5 Å². The second-order valence-electron chi connectivity index (χ2n) is 7.81. The summed E-state index contributed by atoms with van der Waals surface area (Å²) in [4.78, 5) is 26.1. The van der Waals surface area contributed by atoms with Crippen molar-refractivity contribution in [3.05, 3.63) is 26.9 Å². The average Bonchev–Trinajstić information content (AvgIpc) is 3.09. The fourth-order valence-electron chi connectivity index (χ4n) is 4.01. The van der Waals surface area contributed by atoms with E-state index in [9.17, 15) is 14.7 Å². The molecule has 7 nitrogen and oxygen atoms in total. The summed E-state index contributed by atoms with van der Waals surface area (Å²) < 4.78 is 2.66. The zero-order valence-corrected chi connectivity index (χ0v) is 15.0. The summed E-state index contributed by atoms with van der Waals surface area (Å²) >= 11 is 0. The number of nitrogens with zero attached hydrogens (tertiary/aromatic N) is 3. The van der Waals surface area contributed by atoms with E-state index in [1.807, 2.05) is 0 Å². The van der Waals surface area contributed by atoms with Crippen molar-refractivity contribution in [3.8, 4) is 0 Å². The predicted molar refractivity (Wildman–Crippen MR) is 93.5 cm³/mol. The molecule has 1 aromatic rings. The van der Waals surface area contributed by atoms with Crippen LogP contribution in [0.5, 0.6) is 0 Å². The zero-order chi connectivity index (χ0) is 17.6. The number of aromatic nitrogens is 2. The Bertz CT molecular complexity index is 736. The molecule has 0 aromatic carbocycles. The standard InChI is InChI=1S/C17H28N4O3/c1-17(2)12(5-6-13(17)22)18-11-7-8-21(10-11)14-9-15(23)20(4)16(24)19(14)3/h9,11-13,18,22H,5-8,10H2,1-4H3/t11-,12?,13?/m1/s1. The van der Waals surface area contributed by atoms with Crippen LogP contribution in [0.15, 0.2) is 15.7 Å². The summed E-state index contributed by atoms with van der Waals surface area (Å²) in [6, 6.07) is 2.14. The summed E-state index contributed by atoms with van der Waals surface area (Å²) in [7, 11) is 3.20. The van der Waals surface area contributed by atoms with Crippen LogP contribution in [0, 0.1) is 5.41 Å². The van der Waals surface area contributed by atoms with E-state index in [0.717, 1.165) is 36.9 Å². The molecule has 2 N–H and O–H groups in total. The number of hydrogen-bond donors (Lipinski definition) is 2. The first-order valence-electron chi connectivity index (χ1n) is 8.68. The van der Waals surface area contributed by atoms with Gasteiger partial charge in [-0.25, -0.2) is 4.79 Å². The maximum atomic E-state index is 12.1. The normalized spacial score (nSPS) is 29.4. The van der Waals surface area contributed by atoms with Crippen LogP contribution in [0.25, 0.3) is 0 Å². The lowest BCUT2D eigenvalue weighted by Gasteiger charge is -2.33. The van der Waals surface area contributed by atoms with Crippen molar-refractivity contribution >= 4 is 5.82 Å². The lowest BCUT2D eigenvalue weighted by Crippen LogP contribution is -2.48. The molecule has 2 fully saturated rings. The van der Waals surface area contributed by atoms with Crippen LogP contribution in [0.4, 0.5) is 5.82 Å². The summed E-state index contributed by atoms with van der Waals surface area (Å²) in [5.41, 5.74) is -0.693. The van der Waals surface area contributed by atoms with Crippen molar-refractivity contribution in [1.29, 1.82) is 0 Å². The maximum Gasteiger partial charge on any atom is 0.332 e. The maximum absolute atomic E-state index is 12.1. The Morgan fingerprint density at radius 3 is 2.50 bits per heavy atom. The van der Waals surface area contributed by atoms with Gasteiger partial charge >= 0.3 is 5.69 Å². The van der Waals surface area contributed by atoms with E-state index in [4.69, 9.17) is 0 Å². The third-order valence-corrected chi connectivity index (χ3v) is 5.94. The van der Waals surface area contributed by atoms with Gasteiger partial charge in [-0.3, -0.25) is 13.9 Å². The monoisotopic (exact) mass is 336 g/mol. The Morgan fingerprint density at radius 2 is 1.88 bits per heavy atom. The lowest BCUT2D eigenvalue weighted by atomic mass is 9.85. The van der Waals surface area contributed by atoms with Crippen molar-refractivity contribution in [1.82, 2.24) is 14.5 Å². The van der Waals surface area contributed by atoms with Gasteiger partial charge in [-0.15, -0.1) is 0 Å². The second kappa shape index (κ2) is 6.04.